The van der Waals surface area contributed by atoms with E-state index >= 15 is 0 Å². The highest BCUT2D eigenvalue weighted by molar-refractivity contribution is 6.32. The monoisotopic (exact) mass is 473 g/mol. The number of ether oxygens (including phenoxy) is 1. The van der Waals surface area contributed by atoms with Crippen molar-refractivity contribution in [2.45, 2.75) is 6.18 Å². The first-order valence-corrected chi connectivity index (χ1v) is 8.49. The maximum atomic E-state index is 12.6. The van der Waals surface area contributed by atoms with Crippen molar-refractivity contribution in [1.82, 2.24) is 0 Å². The second-order valence-electron chi connectivity index (χ2n) is 5.23. The number of nitro benzene ring substituents is 1. The predicted octanol–water partition coefficient (Wildman–Crippen LogP) is 5.50. The van der Waals surface area contributed by atoms with Crippen molar-refractivity contribution in [3.05, 3.63) is 88.0 Å². The second-order valence-corrected chi connectivity index (χ2v) is 5.64. The Morgan fingerprint density at radius 3 is 2.00 bits per heavy atom. The molecule has 0 bridgehead atoms. The maximum absolute atomic E-state index is 12.6. The van der Waals surface area contributed by atoms with Crippen LogP contribution in [-0.2, 0) is 15.8 Å². The van der Waals surface area contributed by atoms with Gasteiger partial charge in [0.15, 0.2) is 0 Å². The number of benzene rings is 2. The third kappa shape index (κ3) is 9.22. The molecule has 0 atom stereocenters. The summed E-state index contributed by atoms with van der Waals surface area (Å²) < 4.78 is 42.9. The Hall–Kier alpha value is -3.99. The van der Waals surface area contributed by atoms with E-state index in [0.717, 1.165) is 30.3 Å². The number of aldehydes is 2. The topological polar surface area (TPSA) is 124 Å². The molecule has 2 aromatic rings. The minimum Gasteiger partial charge on any atom is -0.477 e. The number of carbonyl (C=O) groups excluding carboxylic acids is 2. The molecule has 12 heteroatoms. The summed E-state index contributed by atoms with van der Waals surface area (Å²) in [5.41, 5.74) is -2.25. The predicted molar refractivity (Wildman–Crippen MR) is 109 cm³/mol. The summed E-state index contributed by atoms with van der Waals surface area (Å²) in [6.45, 7) is 6.22. The smallest absolute Gasteiger partial charge is 0.416 e. The Balaban J connectivity index is 0.00000104. The van der Waals surface area contributed by atoms with Crippen molar-refractivity contribution in [3.63, 3.8) is 0 Å². The molecule has 0 saturated carbocycles. The molecular formula is C20H15ClF3NO7. The Bertz CT molecular complexity index is 983. The third-order valence-electron chi connectivity index (χ3n) is 3.07. The van der Waals surface area contributed by atoms with Gasteiger partial charge in [-0.05, 0) is 36.4 Å². The minimum absolute atomic E-state index is 0.125. The number of hydrogen-bond donors (Lipinski definition) is 1. The number of aromatic carboxylic acids is 1. The number of halogens is 4. The zero-order chi connectivity index (χ0) is 24.9. The first-order valence-electron chi connectivity index (χ1n) is 8.11. The fourth-order valence-electron chi connectivity index (χ4n) is 1.80. The molecule has 2 aromatic carbocycles. The van der Waals surface area contributed by atoms with Crippen molar-refractivity contribution in [3.8, 4) is 11.5 Å². The SMILES string of the molecule is C=CC=O.C=CC=O.O=C(O)c1cc(Oc2ccc(C(F)(F)F)cc2Cl)ccc1[N+](=O)[O-]. The highest BCUT2D eigenvalue weighted by atomic mass is 35.5. The van der Waals surface area contributed by atoms with Crippen LogP contribution in [0.1, 0.15) is 15.9 Å². The third-order valence-corrected chi connectivity index (χ3v) is 3.37. The lowest BCUT2D eigenvalue weighted by Crippen LogP contribution is -2.05. The molecule has 0 aliphatic rings. The summed E-state index contributed by atoms with van der Waals surface area (Å²) in [6.07, 6.45) is -0.911. The molecule has 0 spiro atoms. The van der Waals surface area contributed by atoms with Crippen molar-refractivity contribution in [2.24, 2.45) is 0 Å². The molecular weight excluding hydrogens is 459 g/mol. The standard InChI is InChI=1S/C14H7ClF3NO5.2C3H4O/c15-10-5-7(14(16,17)18)1-4-12(10)24-8-2-3-11(19(22)23)9(6-8)13(20)21;2*1-2-3-4/h1-6H,(H,20,21);2*2-3H,1H2. The van der Waals surface area contributed by atoms with Gasteiger partial charge in [0.2, 0.25) is 0 Å². The molecule has 0 heterocycles. The number of nitro groups is 1. The van der Waals surface area contributed by atoms with Gasteiger partial charge in [-0.25, -0.2) is 4.79 Å². The van der Waals surface area contributed by atoms with Gasteiger partial charge in [-0.15, -0.1) is 0 Å². The number of carboxylic acid groups (broad SMARTS) is 1. The van der Waals surface area contributed by atoms with E-state index in [0.29, 0.717) is 18.6 Å². The van der Waals surface area contributed by atoms with Gasteiger partial charge in [0.1, 0.15) is 29.6 Å². The molecule has 0 amide bonds. The lowest BCUT2D eigenvalue weighted by Gasteiger charge is -2.11. The number of rotatable bonds is 6. The van der Waals surface area contributed by atoms with E-state index in [1.54, 1.807) is 0 Å². The highest BCUT2D eigenvalue weighted by Gasteiger charge is 2.31. The largest absolute Gasteiger partial charge is 0.477 e. The molecule has 0 saturated heterocycles. The van der Waals surface area contributed by atoms with Crippen LogP contribution in [0.2, 0.25) is 5.02 Å². The highest BCUT2D eigenvalue weighted by Crippen LogP contribution is 2.37. The van der Waals surface area contributed by atoms with Gasteiger partial charge in [-0.1, -0.05) is 24.8 Å². The Labute approximate surface area is 184 Å². The van der Waals surface area contributed by atoms with Gasteiger partial charge >= 0.3 is 12.1 Å². The second kappa shape index (κ2) is 13.3. The van der Waals surface area contributed by atoms with Gasteiger partial charge in [0.05, 0.1) is 15.5 Å². The Kier molecular flexibility index (Phi) is 11.7. The quantitative estimate of drug-likeness (QED) is 0.254. The van der Waals surface area contributed by atoms with Gasteiger partial charge in [-0.3, -0.25) is 19.7 Å². The van der Waals surface area contributed by atoms with Crippen molar-refractivity contribution in [2.75, 3.05) is 0 Å². The maximum Gasteiger partial charge on any atom is 0.416 e. The van der Waals surface area contributed by atoms with Crippen molar-refractivity contribution >= 4 is 35.8 Å². The fraction of sp³-hybridized carbons (Fsp3) is 0.0500. The van der Waals surface area contributed by atoms with Gasteiger partial charge in [0.25, 0.3) is 5.69 Å². The van der Waals surface area contributed by atoms with Crippen LogP contribution < -0.4 is 4.74 Å². The number of allylic oxidation sites excluding steroid dienone is 2. The molecule has 170 valence electrons. The number of nitrogens with zero attached hydrogens (tertiary/aromatic N) is 1. The van der Waals surface area contributed by atoms with Gasteiger partial charge in [-0.2, -0.15) is 13.2 Å². The first kappa shape index (κ1) is 28.0. The van der Waals surface area contributed by atoms with Crippen LogP contribution in [0, 0.1) is 10.1 Å². The van der Waals surface area contributed by atoms with Crippen molar-refractivity contribution in [1.29, 1.82) is 0 Å². The van der Waals surface area contributed by atoms with Crippen molar-refractivity contribution < 1.29 is 42.3 Å². The van der Waals surface area contributed by atoms with E-state index in [-0.39, 0.29) is 16.5 Å². The van der Waals surface area contributed by atoms with Crippen LogP contribution in [0.4, 0.5) is 18.9 Å². The van der Waals surface area contributed by atoms with Crippen LogP contribution in [0.3, 0.4) is 0 Å². The van der Waals surface area contributed by atoms with Crippen LogP contribution in [0.5, 0.6) is 11.5 Å². The fourth-order valence-corrected chi connectivity index (χ4v) is 2.02. The zero-order valence-corrected chi connectivity index (χ0v) is 16.8. The summed E-state index contributed by atoms with van der Waals surface area (Å²) in [7, 11) is 0. The average molecular weight is 474 g/mol. The van der Waals surface area contributed by atoms with E-state index in [2.05, 4.69) is 13.2 Å². The molecule has 0 aromatic heterocycles. The molecule has 0 radical (unpaired) electrons. The summed E-state index contributed by atoms with van der Waals surface area (Å²) in [6, 6.07) is 5.27. The van der Waals surface area contributed by atoms with E-state index < -0.39 is 33.9 Å². The lowest BCUT2D eigenvalue weighted by atomic mass is 10.1. The van der Waals surface area contributed by atoms with Crippen LogP contribution in [0.25, 0.3) is 0 Å². The molecule has 2 rings (SSSR count). The molecule has 0 aliphatic carbocycles. The molecule has 0 unspecified atom stereocenters. The van der Waals surface area contributed by atoms with Crippen LogP contribution in [0.15, 0.2) is 61.7 Å². The summed E-state index contributed by atoms with van der Waals surface area (Å²) >= 11 is 5.72. The molecule has 0 fully saturated rings. The van der Waals surface area contributed by atoms with E-state index in [1.807, 2.05) is 0 Å². The minimum atomic E-state index is -4.58. The van der Waals surface area contributed by atoms with E-state index in [9.17, 15) is 28.1 Å². The van der Waals surface area contributed by atoms with Crippen LogP contribution in [-0.4, -0.2) is 28.6 Å². The van der Waals surface area contributed by atoms with Crippen LogP contribution >= 0.6 is 11.6 Å². The number of carbonyl (C=O) groups is 3. The Morgan fingerprint density at radius 2 is 1.62 bits per heavy atom. The average Bonchev–Trinajstić information content (AvgIpc) is 2.74. The molecule has 1 N–H and O–H groups in total. The summed E-state index contributed by atoms with van der Waals surface area (Å²) in [5, 5.41) is 19.4. The van der Waals surface area contributed by atoms with Gasteiger partial charge in [0, 0.05) is 12.1 Å². The zero-order valence-electron chi connectivity index (χ0n) is 16.0. The Morgan fingerprint density at radius 1 is 1.09 bits per heavy atom. The molecule has 0 aliphatic heterocycles. The number of hydrogen-bond acceptors (Lipinski definition) is 6. The summed E-state index contributed by atoms with van der Waals surface area (Å²) in [4.78, 5) is 39.0. The lowest BCUT2D eigenvalue weighted by molar-refractivity contribution is -0.385. The van der Waals surface area contributed by atoms with E-state index in [1.165, 1.54) is 12.2 Å². The number of alkyl halides is 3. The molecule has 32 heavy (non-hydrogen) atoms. The van der Waals surface area contributed by atoms with E-state index in [4.69, 9.17) is 31.0 Å². The normalized spacial score (nSPS) is 9.62. The summed E-state index contributed by atoms with van der Waals surface area (Å²) in [5.74, 6) is -1.83. The van der Waals surface area contributed by atoms with Gasteiger partial charge < -0.3 is 9.84 Å². The first-order chi connectivity index (χ1) is 14.9. The molecule has 8 nitrogen and oxygen atoms in total. The number of carboxylic acids is 1.